The van der Waals surface area contributed by atoms with Gasteiger partial charge in [0.25, 0.3) is 11.8 Å². The SMILES string of the molecule is O=C(O)COc1c(I)ccc2c1C(=O)N(C1CCC(=O)NC1=O)C2=O. The summed E-state index contributed by atoms with van der Waals surface area (Å²) in [6.07, 6.45) is 0.0578. The minimum atomic E-state index is -1.23. The van der Waals surface area contributed by atoms with Crippen molar-refractivity contribution in [3.8, 4) is 5.75 Å². The number of benzene rings is 1. The molecule has 10 heteroatoms. The van der Waals surface area contributed by atoms with Gasteiger partial charge in [-0.05, 0) is 41.1 Å². The van der Waals surface area contributed by atoms with Crippen LogP contribution in [0, 0.1) is 3.57 Å². The first kappa shape index (κ1) is 17.3. The molecule has 0 spiro atoms. The van der Waals surface area contributed by atoms with Crippen molar-refractivity contribution in [2.24, 2.45) is 0 Å². The lowest BCUT2D eigenvalue weighted by molar-refractivity contribution is -0.139. The van der Waals surface area contributed by atoms with E-state index in [0.717, 1.165) is 4.90 Å². The Kier molecular flexibility index (Phi) is 4.45. The van der Waals surface area contributed by atoms with Crippen molar-refractivity contribution in [1.82, 2.24) is 10.2 Å². The summed E-state index contributed by atoms with van der Waals surface area (Å²) in [5.41, 5.74) is -0.0293. The van der Waals surface area contributed by atoms with Crippen LogP contribution in [0.5, 0.6) is 5.75 Å². The van der Waals surface area contributed by atoms with E-state index in [9.17, 15) is 24.0 Å². The Hall–Kier alpha value is -2.50. The highest BCUT2D eigenvalue weighted by Crippen LogP contribution is 2.36. The Morgan fingerprint density at radius 2 is 2.00 bits per heavy atom. The van der Waals surface area contributed by atoms with Crippen molar-refractivity contribution in [3.63, 3.8) is 0 Å². The van der Waals surface area contributed by atoms with E-state index in [1.165, 1.54) is 12.1 Å². The fourth-order valence-corrected chi connectivity index (χ4v) is 3.38. The van der Waals surface area contributed by atoms with Gasteiger partial charge in [0.1, 0.15) is 11.8 Å². The largest absolute Gasteiger partial charge is 0.480 e. The second kappa shape index (κ2) is 6.43. The number of hydrogen-bond donors (Lipinski definition) is 2. The monoisotopic (exact) mass is 458 g/mol. The number of halogens is 1. The predicted octanol–water partition coefficient (Wildman–Crippen LogP) is 0.156. The van der Waals surface area contributed by atoms with Gasteiger partial charge in [-0.1, -0.05) is 0 Å². The fourth-order valence-electron chi connectivity index (χ4n) is 2.78. The summed E-state index contributed by atoms with van der Waals surface area (Å²) < 4.78 is 5.64. The molecule has 1 unspecified atom stereocenters. The van der Waals surface area contributed by atoms with Crippen molar-refractivity contribution in [3.05, 3.63) is 26.8 Å². The highest BCUT2D eigenvalue weighted by Gasteiger charge is 2.46. The molecule has 0 aliphatic carbocycles. The third-order valence-electron chi connectivity index (χ3n) is 3.85. The standard InChI is InChI=1S/C15H11IN2O7/c16-7-2-1-6-11(12(7)25-5-10(20)21)15(24)18(14(6)23)8-3-4-9(19)17-13(8)22/h1-2,8H,3-5H2,(H,20,21)(H,17,19,22). The van der Waals surface area contributed by atoms with Crippen molar-refractivity contribution in [2.75, 3.05) is 6.61 Å². The van der Waals surface area contributed by atoms with E-state index in [1.807, 2.05) is 22.6 Å². The Morgan fingerprint density at radius 3 is 2.64 bits per heavy atom. The molecule has 0 saturated carbocycles. The van der Waals surface area contributed by atoms with Crippen molar-refractivity contribution in [1.29, 1.82) is 0 Å². The Bertz CT molecular complexity index is 835. The summed E-state index contributed by atoms with van der Waals surface area (Å²) >= 11 is 1.86. The number of carboxylic acids is 1. The Balaban J connectivity index is 1.99. The van der Waals surface area contributed by atoms with Crippen molar-refractivity contribution >= 4 is 52.2 Å². The number of imide groups is 2. The molecule has 0 aromatic heterocycles. The first-order valence-electron chi connectivity index (χ1n) is 7.20. The number of carboxylic acid groups (broad SMARTS) is 1. The maximum absolute atomic E-state index is 12.8. The maximum Gasteiger partial charge on any atom is 0.341 e. The molecule has 1 atom stereocenters. The van der Waals surface area contributed by atoms with Gasteiger partial charge < -0.3 is 9.84 Å². The van der Waals surface area contributed by atoms with Gasteiger partial charge in [0.15, 0.2) is 6.61 Å². The summed E-state index contributed by atoms with van der Waals surface area (Å²) in [5, 5.41) is 10.9. The quantitative estimate of drug-likeness (QED) is 0.486. The lowest BCUT2D eigenvalue weighted by Crippen LogP contribution is -2.54. The molecule has 1 fully saturated rings. The lowest BCUT2D eigenvalue weighted by Gasteiger charge is -2.27. The van der Waals surface area contributed by atoms with Crippen LogP contribution in [-0.2, 0) is 14.4 Å². The zero-order valence-corrected chi connectivity index (χ0v) is 14.7. The number of fused-ring (bicyclic) bond motifs is 1. The van der Waals surface area contributed by atoms with Crippen LogP contribution in [0.1, 0.15) is 33.6 Å². The van der Waals surface area contributed by atoms with E-state index in [1.54, 1.807) is 0 Å². The molecule has 2 N–H and O–H groups in total. The van der Waals surface area contributed by atoms with Crippen LogP contribution >= 0.6 is 22.6 Å². The number of piperidine rings is 1. The van der Waals surface area contributed by atoms with Gasteiger partial charge in [0, 0.05) is 6.42 Å². The van der Waals surface area contributed by atoms with Crippen LogP contribution in [0.25, 0.3) is 0 Å². The van der Waals surface area contributed by atoms with E-state index < -0.39 is 42.2 Å². The topological polar surface area (TPSA) is 130 Å². The van der Waals surface area contributed by atoms with Crippen molar-refractivity contribution in [2.45, 2.75) is 18.9 Å². The molecule has 25 heavy (non-hydrogen) atoms. The highest BCUT2D eigenvalue weighted by molar-refractivity contribution is 14.1. The normalized spacial score (nSPS) is 19.7. The number of ether oxygens (including phenoxy) is 1. The molecule has 4 amide bonds. The zero-order chi connectivity index (χ0) is 18.3. The van der Waals surface area contributed by atoms with Gasteiger partial charge in [-0.3, -0.25) is 29.4 Å². The molecule has 1 saturated heterocycles. The third kappa shape index (κ3) is 2.97. The van der Waals surface area contributed by atoms with E-state index in [2.05, 4.69) is 5.32 Å². The number of amides is 4. The summed E-state index contributed by atoms with van der Waals surface area (Å²) in [6, 6.07) is 1.86. The van der Waals surface area contributed by atoms with Gasteiger partial charge in [0.05, 0.1) is 14.7 Å². The number of hydrogen-bond acceptors (Lipinski definition) is 6. The number of nitrogens with zero attached hydrogens (tertiary/aromatic N) is 1. The average molecular weight is 458 g/mol. The van der Waals surface area contributed by atoms with Crippen LogP contribution in [0.4, 0.5) is 0 Å². The molecule has 2 heterocycles. The molecule has 1 aromatic carbocycles. The van der Waals surface area contributed by atoms with Crippen LogP contribution in [0.15, 0.2) is 12.1 Å². The number of carbonyl (C=O) groups is 5. The number of carbonyl (C=O) groups excluding carboxylic acids is 4. The second-order valence-corrected chi connectivity index (χ2v) is 6.59. The van der Waals surface area contributed by atoms with Gasteiger partial charge in [0.2, 0.25) is 11.8 Å². The number of nitrogens with one attached hydrogen (secondary N) is 1. The van der Waals surface area contributed by atoms with Crippen LogP contribution in [-0.4, -0.2) is 52.3 Å². The summed E-state index contributed by atoms with van der Waals surface area (Å²) in [5.74, 6) is -3.83. The Morgan fingerprint density at radius 1 is 1.28 bits per heavy atom. The van der Waals surface area contributed by atoms with E-state index in [4.69, 9.17) is 9.84 Å². The van der Waals surface area contributed by atoms with Crippen LogP contribution in [0.2, 0.25) is 0 Å². The van der Waals surface area contributed by atoms with E-state index in [-0.39, 0.29) is 29.7 Å². The molecule has 2 aliphatic heterocycles. The molecule has 2 aliphatic rings. The second-order valence-electron chi connectivity index (χ2n) is 5.43. The minimum absolute atomic E-state index is 0.00589. The lowest BCUT2D eigenvalue weighted by atomic mass is 10.0. The maximum atomic E-state index is 12.8. The summed E-state index contributed by atoms with van der Waals surface area (Å²) in [6.45, 7) is -0.674. The van der Waals surface area contributed by atoms with Crippen LogP contribution in [0.3, 0.4) is 0 Å². The van der Waals surface area contributed by atoms with Gasteiger partial charge in [-0.15, -0.1) is 0 Å². The molecular weight excluding hydrogens is 447 g/mol. The molecule has 0 bridgehead atoms. The fraction of sp³-hybridized carbons (Fsp3) is 0.267. The molecule has 0 radical (unpaired) electrons. The zero-order valence-electron chi connectivity index (χ0n) is 12.6. The molecule has 3 rings (SSSR count). The molecule has 130 valence electrons. The number of rotatable bonds is 4. The number of aliphatic carboxylic acids is 1. The van der Waals surface area contributed by atoms with Crippen LogP contribution < -0.4 is 10.1 Å². The first-order chi connectivity index (χ1) is 11.8. The summed E-state index contributed by atoms with van der Waals surface area (Å²) in [4.78, 5) is 60.2. The van der Waals surface area contributed by atoms with Gasteiger partial charge in [-0.25, -0.2) is 4.79 Å². The average Bonchev–Trinajstić information content (AvgIpc) is 2.78. The first-order valence-corrected chi connectivity index (χ1v) is 8.27. The molecular formula is C15H11IN2O7. The smallest absolute Gasteiger partial charge is 0.341 e. The van der Waals surface area contributed by atoms with E-state index >= 15 is 0 Å². The molecule has 1 aromatic rings. The third-order valence-corrected chi connectivity index (χ3v) is 4.70. The molecule has 9 nitrogen and oxygen atoms in total. The predicted molar refractivity (Wildman–Crippen MR) is 89.0 cm³/mol. The van der Waals surface area contributed by atoms with Crippen molar-refractivity contribution < 1.29 is 33.8 Å². The van der Waals surface area contributed by atoms with Gasteiger partial charge >= 0.3 is 5.97 Å². The summed E-state index contributed by atoms with van der Waals surface area (Å²) in [7, 11) is 0. The van der Waals surface area contributed by atoms with E-state index in [0.29, 0.717) is 3.57 Å². The highest BCUT2D eigenvalue weighted by atomic mass is 127. The minimum Gasteiger partial charge on any atom is -0.480 e. The van der Waals surface area contributed by atoms with Gasteiger partial charge in [-0.2, -0.15) is 0 Å². The Labute approximate surface area is 154 Å².